The Balaban J connectivity index is 2.18. The molecule has 1 aromatic carbocycles. The topological polar surface area (TPSA) is 57.5 Å². The molecule has 1 aliphatic rings. The van der Waals surface area contributed by atoms with Crippen molar-refractivity contribution in [2.24, 2.45) is 5.92 Å². The molecule has 1 fully saturated rings. The number of phenols is 1. The molecular weight excluding hydrogens is 204 g/mol. The van der Waals surface area contributed by atoms with E-state index in [0.29, 0.717) is 0 Å². The van der Waals surface area contributed by atoms with E-state index in [4.69, 9.17) is 5.11 Å². The summed E-state index contributed by atoms with van der Waals surface area (Å²) in [5, 5.41) is 18.0. The van der Waals surface area contributed by atoms with Gasteiger partial charge in [-0.3, -0.25) is 4.79 Å². The highest BCUT2D eigenvalue weighted by Gasteiger charge is 2.54. The van der Waals surface area contributed by atoms with Crippen molar-refractivity contribution in [2.45, 2.75) is 31.6 Å². The lowest BCUT2D eigenvalue weighted by molar-refractivity contribution is -0.137. The Bertz CT molecular complexity index is 396. The molecular formula is C13H16O3. The highest BCUT2D eigenvalue weighted by molar-refractivity contribution is 5.68. The number of aliphatic carboxylic acids is 1. The van der Waals surface area contributed by atoms with Crippen LogP contribution >= 0.6 is 0 Å². The van der Waals surface area contributed by atoms with Gasteiger partial charge in [0.15, 0.2) is 0 Å². The summed E-state index contributed by atoms with van der Waals surface area (Å²) >= 11 is 0. The van der Waals surface area contributed by atoms with Gasteiger partial charge in [0.25, 0.3) is 0 Å². The third-order valence-electron chi connectivity index (χ3n) is 3.73. The lowest BCUT2D eigenvalue weighted by Gasteiger charge is -2.15. The fourth-order valence-electron chi connectivity index (χ4n) is 2.64. The zero-order valence-electron chi connectivity index (χ0n) is 9.31. The van der Waals surface area contributed by atoms with Gasteiger partial charge < -0.3 is 10.2 Å². The molecule has 86 valence electrons. The van der Waals surface area contributed by atoms with Crippen molar-refractivity contribution in [1.29, 1.82) is 0 Å². The monoisotopic (exact) mass is 220 g/mol. The molecule has 0 heterocycles. The molecule has 1 aromatic rings. The molecule has 0 saturated heterocycles. The summed E-state index contributed by atoms with van der Waals surface area (Å²) in [6, 6.07) is 7.15. The van der Waals surface area contributed by atoms with Gasteiger partial charge in [0, 0.05) is 6.42 Å². The summed E-state index contributed by atoms with van der Waals surface area (Å²) in [6.07, 6.45) is 2.14. The van der Waals surface area contributed by atoms with Gasteiger partial charge in [-0.15, -0.1) is 0 Å². The van der Waals surface area contributed by atoms with Crippen molar-refractivity contribution < 1.29 is 15.0 Å². The summed E-state index contributed by atoms with van der Waals surface area (Å²) < 4.78 is 0. The SMILES string of the molecule is CCC1(c2ccc(O)cc2)CC1CC(=O)O. The predicted octanol–water partition coefficient (Wildman–Crippen LogP) is 2.53. The Morgan fingerprint density at radius 2 is 2.06 bits per heavy atom. The van der Waals surface area contributed by atoms with E-state index in [1.54, 1.807) is 12.1 Å². The second kappa shape index (κ2) is 3.81. The van der Waals surface area contributed by atoms with Crippen molar-refractivity contribution in [2.75, 3.05) is 0 Å². The highest BCUT2D eigenvalue weighted by atomic mass is 16.4. The van der Waals surface area contributed by atoms with Gasteiger partial charge >= 0.3 is 5.97 Å². The van der Waals surface area contributed by atoms with E-state index in [1.807, 2.05) is 12.1 Å². The van der Waals surface area contributed by atoms with Crippen molar-refractivity contribution in [3.63, 3.8) is 0 Å². The number of rotatable bonds is 4. The molecule has 2 unspecified atom stereocenters. The fraction of sp³-hybridized carbons (Fsp3) is 0.462. The smallest absolute Gasteiger partial charge is 0.303 e. The van der Waals surface area contributed by atoms with Gasteiger partial charge in [-0.1, -0.05) is 19.1 Å². The van der Waals surface area contributed by atoms with Gasteiger partial charge in [0.1, 0.15) is 5.75 Å². The average molecular weight is 220 g/mol. The lowest BCUT2D eigenvalue weighted by Crippen LogP contribution is -2.10. The first-order valence-electron chi connectivity index (χ1n) is 5.60. The minimum Gasteiger partial charge on any atom is -0.508 e. The predicted molar refractivity (Wildman–Crippen MR) is 60.4 cm³/mol. The number of phenolic OH excluding ortho intramolecular Hbond substituents is 1. The summed E-state index contributed by atoms with van der Waals surface area (Å²) in [7, 11) is 0. The standard InChI is InChI=1S/C13H16O3/c1-2-13(8-10(13)7-12(15)16)9-3-5-11(14)6-4-9/h3-6,10,14H,2,7-8H2,1H3,(H,15,16). The van der Waals surface area contributed by atoms with Gasteiger partial charge in [-0.05, 0) is 41.9 Å². The number of hydrogen-bond acceptors (Lipinski definition) is 2. The normalized spacial score (nSPS) is 27.7. The maximum Gasteiger partial charge on any atom is 0.303 e. The number of carboxylic acids is 1. The molecule has 3 nitrogen and oxygen atoms in total. The molecule has 0 amide bonds. The largest absolute Gasteiger partial charge is 0.508 e. The van der Waals surface area contributed by atoms with Crippen molar-refractivity contribution in [3.05, 3.63) is 29.8 Å². The molecule has 2 atom stereocenters. The van der Waals surface area contributed by atoms with E-state index >= 15 is 0 Å². The van der Waals surface area contributed by atoms with E-state index in [-0.39, 0.29) is 23.5 Å². The molecule has 0 spiro atoms. The van der Waals surface area contributed by atoms with Crippen LogP contribution in [0.25, 0.3) is 0 Å². The van der Waals surface area contributed by atoms with Crippen LogP contribution in [0.2, 0.25) is 0 Å². The number of carbonyl (C=O) groups is 1. The van der Waals surface area contributed by atoms with E-state index in [9.17, 15) is 9.90 Å². The van der Waals surface area contributed by atoms with E-state index in [2.05, 4.69) is 6.92 Å². The van der Waals surface area contributed by atoms with Crippen molar-refractivity contribution >= 4 is 5.97 Å². The first-order chi connectivity index (χ1) is 7.58. The quantitative estimate of drug-likeness (QED) is 0.819. The second-order valence-electron chi connectivity index (χ2n) is 4.56. The summed E-state index contributed by atoms with van der Waals surface area (Å²) in [5.41, 5.74) is 1.19. The van der Waals surface area contributed by atoms with Crippen LogP contribution in [0.5, 0.6) is 5.75 Å². The number of aromatic hydroxyl groups is 1. The van der Waals surface area contributed by atoms with Crippen LogP contribution < -0.4 is 0 Å². The molecule has 0 bridgehead atoms. The van der Waals surface area contributed by atoms with Crippen LogP contribution in [0, 0.1) is 5.92 Å². The van der Waals surface area contributed by atoms with Crippen LogP contribution in [-0.4, -0.2) is 16.2 Å². The van der Waals surface area contributed by atoms with E-state index < -0.39 is 5.97 Å². The van der Waals surface area contributed by atoms with Crippen LogP contribution in [-0.2, 0) is 10.2 Å². The minimum absolute atomic E-state index is 0.0338. The number of benzene rings is 1. The van der Waals surface area contributed by atoms with Gasteiger partial charge in [0.05, 0.1) is 0 Å². The Hall–Kier alpha value is -1.51. The molecule has 1 saturated carbocycles. The number of carboxylic acid groups (broad SMARTS) is 1. The molecule has 1 aliphatic carbocycles. The molecule has 2 rings (SSSR count). The zero-order valence-corrected chi connectivity index (χ0v) is 9.31. The summed E-state index contributed by atoms with van der Waals surface area (Å²) in [6.45, 7) is 2.09. The average Bonchev–Trinajstić information content (AvgIpc) is 2.93. The maximum absolute atomic E-state index is 10.7. The Labute approximate surface area is 94.7 Å². The van der Waals surface area contributed by atoms with E-state index in [0.717, 1.165) is 18.4 Å². The fourth-order valence-corrected chi connectivity index (χ4v) is 2.64. The molecule has 3 heteroatoms. The first kappa shape index (κ1) is 11.0. The van der Waals surface area contributed by atoms with Crippen LogP contribution in [0.3, 0.4) is 0 Å². The number of hydrogen-bond donors (Lipinski definition) is 2. The Kier molecular flexibility index (Phi) is 2.62. The summed E-state index contributed by atoms with van der Waals surface area (Å²) in [5.74, 6) is -0.218. The maximum atomic E-state index is 10.7. The Morgan fingerprint density at radius 1 is 1.44 bits per heavy atom. The summed E-state index contributed by atoms with van der Waals surface area (Å²) in [4.78, 5) is 10.7. The van der Waals surface area contributed by atoms with Crippen LogP contribution in [0.1, 0.15) is 31.7 Å². The first-order valence-corrected chi connectivity index (χ1v) is 5.60. The second-order valence-corrected chi connectivity index (χ2v) is 4.56. The van der Waals surface area contributed by atoms with Crippen LogP contribution in [0.15, 0.2) is 24.3 Å². The van der Waals surface area contributed by atoms with E-state index in [1.165, 1.54) is 0 Å². The molecule has 2 N–H and O–H groups in total. The van der Waals surface area contributed by atoms with Gasteiger partial charge in [-0.2, -0.15) is 0 Å². The lowest BCUT2D eigenvalue weighted by atomic mass is 9.89. The third-order valence-corrected chi connectivity index (χ3v) is 3.73. The van der Waals surface area contributed by atoms with Crippen molar-refractivity contribution in [1.82, 2.24) is 0 Å². The Morgan fingerprint density at radius 3 is 2.56 bits per heavy atom. The molecule has 16 heavy (non-hydrogen) atoms. The third kappa shape index (κ3) is 1.77. The minimum atomic E-state index is -0.723. The van der Waals surface area contributed by atoms with Crippen molar-refractivity contribution in [3.8, 4) is 5.75 Å². The molecule has 0 radical (unpaired) electrons. The zero-order chi connectivity index (χ0) is 11.8. The van der Waals surface area contributed by atoms with Gasteiger partial charge in [0.2, 0.25) is 0 Å². The van der Waals surface area contributed by atoms with Gasteiger partial charge in [-0.25, -0.2) is 0 Å². The highest BCUT2D eigenvalue weighted by Crippen LogP contribution is 2.58. The molecule has 0 aromatic heterocycles. The van der Waals surface area contributed by atoms with Crippen LogP contribution in [0.4, 0.5) is 0 Å². The molecule has 0 aliphatic heterocycles.